The van der Waals surface area contributed by atoms with Crippen LogP contribution in [0.4, 0.5) is 9.59 Å². The summed E-state index contributed by atoms with van der Waals surface area (Å²) in [6.45, 7) is 10.4. The van der Waals surface area contributed by atoms with Crippen LogP contribution in [0.2, 0.25) is 0 Å². The Morgan fingerprint density at radius 3 is 2.52 bits per heavy atom. The predicted octanol–water partition coefficient (Wildman–Crippen LogP) is 4.54. The van der Waals surface area contributed by atoms with Crippen molar-refractivity contribution in [1.82, 2.24) is 10.2 Å². The molecule has 1 fully saturated rings. The molecule has 7 nitrogen and oxygen atoms in total. The first-order chi connectivity index (χ1) is 14.5. The van der Waals surface area contributed by atoms with Crippen molar-refractivity contribution in [3.05, 3.63) is 35.9 Å². The largest absolute Gasteiger partial charge is 0.449 e. The second-order valence-electron chi connectivity index (χ2n) is 9.64. The van der Waals surface area contributed by atoms with E-state index < -0.39 is 12.2 Å². The number of benzene rings is 1. The van der Waals surface area contributed by atoms with Crippen LogP contribution < -0.4 is 5.32 Å². The van der Waals surface area contributed by atoms with Crippen LogP contribution in [-0.4, -0.2) is 47.8 Å². The van der Waals surface area contributed by atoms with E-state index in [0.717, 1.165) is 12.0 Å². The quantitative estimate of drug-likeness (QED) is 0.619. The molecular formula is C24H36N2O5. The second-order valence-corrected chi connectivity index (χ2v) is 9.64. The molecule has 0 aliphatic carbocycles. The van der Waals surface area contributed by atoms with Crippen LogP contribution in [-0.2, 0) is 20.7 Å². The van der Waals surface area contributed by atoms with Crippen LogP contribution >= 0.6 is 0 Å². The molecule has 1 heterocycles. The summed E-state index contributed by atoms with van der Waals surface area (Å²) in [5.41, 5.74) is 0.740. The van der Waals surface area contributed by atoms with E-state index in [4.69, 9.17) is 9.47 Å². The van der Waals surface area contributed by atoms with Crippen LogP contribution in [0.15, 0.2) is 30.3 Å². The fourth-order valence-electron chi connectivity index (χ4n) is 3.73. The van der Waals surface area contributed by atoms with Gasteiger partial charge in [0.2, 0.25) is 5.91 Å². The van der Waals surface area contributed by atoms with E-state index in [0.29, 0.717) is 25.9 Å². The molecule has 0 saturated carbocycles. The minimum absolute atomic E-state index is 0.179. The number of nitrogens with zero attached hydrogens (tertiary/aromatic N) is 1. The van der Waals surface area contributed by atoms with Gasteiger partial charge in [-0.3, -0.25) is 4.79 Å². The fraction of sp³-hybridized carbons (Fsp3) is 0.625. The molecule has 1 saturated heterocycles. The molecule has 7 heteroatoms. The van der Waals surface area contributed by atoms with E-state index in [9.17, 15) is 14.4 Å². The smallest absolute Gasteiger partial charge is 0.416 e. The van der Waals surface area contributed by atoms with Crippen LogP contribution in [0.25, 0.3) is 0 Å². The Labute approximate surface area is 185 Å². The molecule has 1 aromatic rings. The minimum atomic E-state index is -0.551. The molecule has 3 amide bonds. The predicted molar refractivity (Wildman–Crippen MR) is 119 cm³/mol. The first-order valence-corrected chi connectivity index (χ1v) is 11.0. The van der Waals surface area contributed by atoms with Crippen molar-refractivity contribution in [2.75, 3.05) is 13.2 Å². The average molecular weight is 433 g/mol. The standard InChI is InChI=1S/C24H36N2O5/c1-17(13-18(2)15-30-22(28)25-24(3,4)5)11-12-21(27)26-20(16-31-23(26)29)14-19-9-7-6-8-10-19/h6-10,17-18,20H,11-16H2,1-5H3,(H,25,28)/t17-,18-,20+/m1/s1. The number of ether oxygens (including phenoxy) is 2. The van der Waals surface area contributed by atoms with Gasteiger partial charge < -0.3 is 14.8 Å². The van der Waals surface area contributed by atoms with Crippen LogP contribution in [0.5, 0.6) is 0 Å². The number of carbonyl (C=O) groups is 3. The summed E-state index contributed by atoms with van der Waals surface area (Å²) in [7, 11) is 0. The van der Waals surface area contributed by atoms with Gasteiger partial charge in [-0.15, -0.1) is 0 Å². The zero-order valence-electron chi connectivity index (χ0n) is 19.3. The maximum atomic E-state index is 12.7. The number of alkyl carbamates (subject to hydrolysis) is 1. The number of amides is 3. The Kier molecular flexibility index (Phi) is 8.89. The monoisotopic (exact) mass is 432 g/mol. The van der Waals surface area contributed by atoms with E-state index in [2.05, 4.69) is 12.2 Å². The van der Waals surface area contributed by atoms with E-state index >= 15 is 0 Å². The van der Waals surface area contributed by atoms with Crippen molar-refractivity contribution in [1.29, 1.82) is 0 Å². The first kappa shape index (κ1) is 24.7. The molecule has 172 valence electrons. The second kappa shape index (κ2) is 11.2. The topological polar surface area (TPSA) is 84.9 Å². The first-order valence-electron chi connectivity index (χ1n) is 11.0. The van der Waals surface area contributed by atoms with Crippen LogP contribution in [0.1, 0.15) is 59.4 Å². The van der Waals surface area contributed by atoms with E-state index in [-0.39, 0.29) is 35.9 Å². The summed E-state index contributed by atoms with van der Waals surface area (Å²) >= 11 is 0. The Balaban J connectivity index is 1.76. The van der Waals surface area contributed by atoms with Gasteiger partial charge in [-0.1, -0.05) is 44.2 Å². The lowest BCUT2D eigenvalue weighted by atomic mass is 9.93. The molecule has 0 bridgehead atoms. The molecule has 0 radical (unpaired) electrons. The third kappa shape index (κ3) is 8.59. The van der Waals surface area contributed by atoms with Crippen LogP contribution in [0, 0.1) is 11.8 Å². The molecule has 1 N–H and O–H groups in total. The molecular weight excluding hydrogens is 396 g/mol. The molecule has 0 unspecified atom stereocenters. The fourth-order valence-corrected chi connectivity index (χ4v) is 3.73. The third-order valence-electron chi connectivity index (χ3n) is 5.18. The average Bonchev–Trinajstić information content (AvgIpc) is 3.04. The number of cyclic esters (lactones) is 1. The molecule has 0 spiro atoms. The number of nitrogens with one attached hydrogen (secondary N) is 1. The van der Waals surface area contributed by atoms with Crippen molar-refractivity contribution in [3.63, 3.8) is 0 Å². The maximum absolute atomic E-state index is 12.7. The number of hydrogen-bond donors (Lipinski definition) is 1. The summed E-state index contributed by atoms with van der Waals surface area (Å²) in [5, 5.41) is 2.77. The normalized spacial score (nSPS) is 18.3. The SMILES string of the molecule is C[C@H](CCC(=O)N1C(=O)OC[C@@H]1Cc1ccccc1)C[C@@H](C)COC(=O)NC(C)(C)C. The number of rotatable bonds is 9. The summed E-state index contributed by atoms with van der Waals surface area (Å²) < 4.78 is 10.4. The Morgan fingerprint density at radius 1 is 1.19 bits per heavy atom. The summed E-state index contributed by atoms with van der Waals surface area (Å²) in [4.78, 5) is 37.9. The number of imide groups is 1. The van der Waals surface area contributed by atoms with Gasteiger partial charge in [0.25, 0.3) is 0 Å². The van der Waals surface area contributed by atoms with Gasteiger partial charge in [0, 0.05) is 12.0 Å². The van der Waals surface area contributed by atoms with Gasteiger partial charge >= 0.3 is 12.2 Å². The van der Waals surface area contributed by atoms with Crippen molar-refractivity contribution >= 4 is 18.1 Å². The summed E-state index contributed by atoms with van der Waals surface area (Å²) in [5.74, 6) is 0.251. The zero-order valence-corrected chi connectivity index (χ0v) is 19.3. The highest BCUT2D eigenvalue weighted by Crippen LogP contribution is 2.22. The Morgan fingerprint density at radius 2 is 1.87 bits per heavy atom. The highest BCUT2D eigenvalue weighted by atomic mass is 16.6. The lowest BCUT2D eigenvalue weighted by molar-refractivity contribution is -0.129. The Hall–Kier alpha value is -2.57. The minimum Gasteiger partial charge on any atom is -0.449 e. The molecule has 2 rings (SSSR count). The summed E-state index contributed by atoms with van der Waals surface area (Å²) in [6, 6.07) is 9.54. The van der Waals surface area contributed by atoms with E-state index in [1.807, 2.05) is 58.0 Å². The molecule has 0 aromatic heterocycles. The van der Waals surface area contributed by atoms with Crippen molar-refractivity contribution < 1.29 is 23.9 Å². The maximum Gasteiger partial charge on any atom is 0.416 e. The van der Waals surface area contributed by atoms with Crippen LogP contribution in [0.3, 0.4) is 0 Å². The van der Waals surface area contributed by atoms with E-state index in [1.165, 1.54) is 4.90 Å². The van der Waals surface area contributed by atoms with Gasteiger partial charge in [0.15, 0.2) is 0 Å². The van der Waals surface area contributed by atoms with E-state index in [1.54, 1.807) is 0 Å². The number of hydrogen-bond acceptors (Lipinski definition) is 5. The van der Waals surface area contributed by atoms with Gasteiger partial charge in [-0.2, -0.15) is 0 Å². The van der Waals surface area contributed by atoms with Crippen molar-refractivity contribution in [2.24, 2.45) is 11.8 Å². The summed E-state index contributed by atoms with van der Waals surface area (Å²) in [6.07, 6.45) is 1.41. The molecule has 1 aliphatic rings. The number of carbonyl (C=O) groups excluding carboxylic acids is 3. The highest BCUT2D eigenvalue weighted by Gasteiger charge is 2.37. The lowest BCUT2D eigenvalue weighted by Gasteiger charge is -2.22. The van der Waals surface area contributed by atoms with Gasteiger partial charge in [-0.25, -0.2) is 14.5 Å². The molecule has 1 aromatic carbocycles. The third-order valence-corrected chi connectivity index (χ3v) is 5.18. The Bertz CT molecular complexity index is 744. The molecule has 1 aliphatic heterocycles. The highest BCUT2D eigenvalue weighted by molar-refractivity contribution is 5.93. The van der Waals surface area contributed by atoms with Gasteiger partial charge in [-0.05, 0) is 57.4 Å². The molecule has 31 heavy (non-hydrogen) atoms. The molecule has 3 atom stereocenters. The van der Waals surface area contributed by atoms with Crippen molar-refractivity contribution in [2.45, 2.75) is 71.9 Å². The zero-order chi connectivity index (χ0) is 23.0. The van der Waals surface area contributed by atoms with Gasteiger partial charge in [0.05, 0.1) is 12.6 Å². The van der Waals surface area contributed by atoms with Crippen molar-refractivity contribution in [3.8, 4) is 0 Å². The lowest BCUT2D eigenvalue weighted by Crippen LogP contribution is -2.41. The van der Waals surface area contributed by atoms with Gasteiger partial charge in [0.1, 0.15) is 6.61 Å².